The molecule has 3 rings (SSSR count). The lowest BCUT2D eigenvalue weighted by atomic mass is 10.1. The van der Waals surface area contributed by atoms with Crippen molar-refractivity contribution in [2.45, 2.75) is 78.1 Å². The van der Waals surface area contributed by atoms with E-state index in [9.17, 15) is 4.79 Å². The number of carbonyl (C=O) groups excluding carboxylic acids is 1. The van der Waals surface area contributed by atoms with Crippen molar-refractivity contribution in [3.63, 3.8) is 0 Å². The highest BCUT2D eigenvalue weighted by molar-refractivity contribution is 5.85. The maximum Gasteiger partial charge on any atom is 0.434 e. The molecule has 1 aliphatic heterocycles. The molecule has 0 spiro atoms. The van der Waals surface area contributed by atoms with Gasteiger partial charge in [0.25, 0.3) is 0 Å². The Kier molecular flexibility index (Phi) is 15.7. The van der Waals surface area contributed by atoms with Crippen LogP contribution in [0.25, 0.3) is 0 Å². The largest absolute Gasteiger partial charge is 0.442 e. The highest BCUT2D eigenvalue weighted by atomic mass is 35.5. The van der Waals surface area contributed by atoms with Gasteiger partial charge in [-0.2, -0.15) is 10.3 Å². The molecule has 8 nitrogen and oxygen atoms in total. The van der Waals surface area contributed by atoms with Crippen molar-refractivity contribution < 1.29 is 19.2 Å². The Balaban J connectivity index is 0.000000393. The van der Waals surface area contributed by atoms with Gasteiger partial charge in [-0.25, -0.2) is 9.86 Å². The molecule has 1 heterocycles. The second-order valence-corrected chi connectivity index (χ2v) is 9.72. The fraction of sp³-hybridized carbons (Fsp3) is 0.483. The SMILES string of the molecule is CC(C)(C)OC(=O)N(CCCCC#N)OCc1ccccc1.Cl.N=C1CCCCN1OCc1ccccc1. The number of halogens is 1. The summed E-state index contributed by atoms with van der Waals surface area (Å²) in [7, 11) is 0. The fourth-order valence-electron chi connectivity index (χ4n) is 3.38. The van der Waals surface area contributed by atoms with E-state index in [1.54, 1.807) is 5.06 Å². The number of piperidine rings is 1. The second-order valence-electron chi connectivity index (χ2n) is 9.72. The van der Waals surface area contributed by atoms with Gasteiger partial charge >= 0.3 is 6.09 Å². The van der Waals surface area contributed by atoms with Crippen LogP contribution in [0.2, 0.25) is 0 Å². The molecule has 2 aromatic carbocycles. The molecule has 9 heteroatoms. The van der Waals surface area contributed by atoms with Crippen molar-refractivity contribution in [2.24, 2.45) is 0 Å². The zero-order valence-corrected chi connectivity index (χ0v) is 23.5. The smallest absolute Gasteiger partial charge is 0.434 e. The van der Waals surface area contributed by atoms with E-state index in [0.29, 0.717) is 38.4 Å². The number of nitrogens with zero attached hydrogens (tertiary/aromatic N) is 3. The van der Waals surface area contributed by atoms with Crippen LogP contribution in [-0.4, -0.2) is 40.7 Å². The minimum atomic E-state index is -0.571. The minimum Gasteiger partial charge on any atom is -0.442 e. The maximum absolute atomic E-state index is 12.2. The molecule has 0 unspecified atom stereocenters. The fourth-order valence-corrected chi connectivity index (χ4v) is 3.38. The van der Waals surface area contributed by atoms with Gasteiger partial charge in [-0.1, -0.05) is 60.7 Å². The van der Waals surface area contributed by atoms with E-state index in [2.05, 4.69) is 6.07 Å². The zero-order chi connectivity index (χ0) is 26.9. The summed E-state index contributed by atoms with van der Waals surface area (Å²) in [5.41, 5.74) is 1.56. The highest BCUT2D eigenvalue weighted by Crippen LogP contribution is 2.14. The second kappa shape index (κ2) is 18.2. The summed E-state index contributed by atoms with van der Waals surface area (Å²) in [6.45, 7) is 7.57. The Morgan fingerprint density at radius 1 is 1.00 bits per heavy atom. The molecular weight excluding hydrogens is 504 g/mol. The Bertz CT molecular complexity index is 978. The van der Waals surface area contributed by atoms with Crippen LogP contribution in [0, 0.1) is 16.7 Å². The molecule has 0 saturated carbocycles. The molecule has 1 fully saturated rings. The normalized spacial score (nSPS) is 12.9. The number of amides is 1. The van der Waals surface area contributed by atoms with Crippen molar-refractivity contribution in [3.05, 3.63) is 71.8 Å². The molecule has 1 aliphatic rings. The first-order chi connectivity index (χ1) is 17.8. The average molecular weight is 545 g/mol. The molecule has 0 bridgehead atoms. The predicted octanol–water partition coefficient (Wildman–Crippen LogP) is 7.05. The van der Waals surface area contributed by atoms with E-state index in [0.717, 1.165) is 43.4 Å². The third kappa shape index (κ3) is 14.0. The van der Waals surface area contributed by atoms with Crippen molar-refractivity contribution in [1.82, 2.24) is 10.1 Å². The molecule has 1 amide bonds. The third-order valence-corrected chi connectivity index (χ3v) is 5.28. The number of hydroxylamine groups is 4. The van der Waals surface area contributed by atoms with Crippen LogP contribution in [0.3, 0.4) is 0 Å². The highest BCUT2D eigenvalue weighted by Gasteiger charge is 2.23. The number of rotatable bonds is 10. The van der Waals surface area contributed by atoms with Gasteiger partial charge in [0.15, 0.2) is 0 Å². The lowest BCUT2D eigenvalue weighted by Crippen LogP contribution is -2.37. The first kappa shape index (κ1) is 32.9. The van der Waals surface area contributed by atoms with E-state index >= 15 is 0 Å². The lowest BCUT2D eigenvalue weighted by Gasteiger charge is -2.27. The van der Waals surface area contributed by atoms with Gasteiger partial charge in [-0.3, -0.25) is 15.1 Å². The van der Waals surface area contributed by atoms with Crippen LogP contribution < -0.4 is 0 Å². The molecular formula is C29H41ClN4O4. The number of carbonyl (C=O) groups is 1. The Labute approximate surface area is 233 Å². The molecule has 0 aliphatic carbocycles. The predicted molar refractivity (Wildman–Crippen MR) is 150 cm³/mol. The molecule has 0 radical (unpaired) electrons. The molecule has 0 atom stereocenters. The van der Waals surface area contributed by atoms with E-state index < -0.39 is 11.7 Å². The molecule has 38 heavy (non-hydrogen) atoms. The Hall–Kier alpha value is -3.12. The lowest BCUT2D eigenvalue weighted by molar-refractivity contribution is -0.156. The van der Waals surface area contributed by atoms with Crippen molar-refractivity contribution in [1.29, 1.82) is 10.7 Å². The van der Waals surface area contributed by atoms with E-state index in [1.807, 2.05) is 81.4 Å². The number of unbranched alkanes of at least 4 members (excludes halogenated alkanes) is 2. The summed E-state index contributed by atoms with van der Waals surface area (Å²) in [6.07, 6.45) is 4.48. The monoisotopic (exact) mass is 544 g/mol. The van der Waals surface area contributed by atoms with Gasteiger partial charge in [-0.15, -0.1) is 12.4 Å². The number of nitriles is 1. The number of nitrogens with one attached hydrogen (secondary N) is 1. The quantitative estimate of drug-likeness (QED) is 0.254. The number of hydrogen-bond donors (Lipinski definition) is 1. The molecule has 1 saturated heterocycles. The van der Waals surface area contributed by atoms with Crippen LogP contribution in [-0.2, 0) is 27.6 Å². The summed E-state index contributed by atoms with van der Waals surface area (Å²) in [5.74, 6) is 0.609. The van der Waals surface area contributed by atoms with Gasteiger partial charge in [0.2, 0.25) is 0 Å². The average Bonchev–Trinajstić information content (AvgIpc) is 2.88. The van der Waals surface area contributed by atoms with Crippen molar-refractivity contribution >= 4 is 24.3 Å². The molecule has 208 valence electrons. The summed E-state index contributed by atoms with van der Waals surface area (Å²) in [5, 5.41) is 19.2. The number of ether oxygens (including phenoxy) is 1. The van der Waals surface area contributed by atoms with Crippen LogP contribution in [0.5, 0.6) is 0 Å². The van der Waals surface area contributed by atoms with Crippen molar-refractivity contribution in [3.8, 4) is 6.07 Å². The summed E-state index contributed by atoms with van der Waals surface area (Å²) >= 11 is 0. The van der Waals surface area contributed by atoms with Gasteiger partial charge < -0.3 is 4.74 Å². The third-order valence-electron chi connectivity index (χ3n) is 5.28. The van der Waals surface area contributed by atoms with E-state index in [4.69, 9.17) is 25.1 Å². The summed E-state index contributed by atoms with van der Waals surface area (Å²) in [6, 6.07) is 21.8. The number of benzene rings is 2. The number of amidine groups is 1. The van der Waals surface area contributed by atoms with Gasteiger partial charge in [0.1, 0.15) is 18.0 Å². The molecule has 2 aromatic rings. The Morgan fingerprint density at radius 2 is 1.61 bits per heavy atom. The summed E-state index contributed by atoms with van der Waals surface area (Å²) < 4.78 is 5.34. The van der Waals surface area contributed by atoms with Crippen LogP contribution in [0.1, 0.15) is 70.4 Å². The van der Waals surface area contributed by atoms with E-state index in [-0.39, 0.29) is 12.4 Å². The van der Waals surface area contributed by atoms with Crippen LogP contribution in [0.15, 0.2) is 60.7 Å². The van der Waals surface area contributed by atoms with Crippen molar-refractivity contribution in [2.75, 3.05) is 13.1 Å². The molecule has 1 N–H and O–H groups in total. The van der Waals surface area contributed by atoms with E-state index in [1.165, 1.54) is 5.06 Å². The minimum absolute atomic E-state index is 0. The summed E-state index contributed by atoms with van der Waals surface area (Å²) in [4.78, 5) is 23.3. The molecule has 0 aromatic heterocycles. The topological polar surface area (TPSA) is 98.9 Å². The Morgan fingerprint density at radius 3 is 2.16 bits per heavy atom. The van der Waals surface area contributed by atoms with Crippen LogP contribution >= 0.6 is 12.4 Å². The standard InChI is InChI=1S/C17H24N2O3.C12H16N2O.ClH/c1-17(2,3)22-16(20)19(13-9-5-8-12-18)21-14-15-10-6-4-7-11-15;13-12-8-4-5-9-14(12)15-10-11-6-2-1-3-7-11;/h4,6-7,10-11H,5,8-9,13-14H2,1-3H3;1-3,6-7,13H,4-5,8-10H2;1H. The van der Waals surface area contributed by atoms with Gasteiger partial charge in [-0.05, 0) is 57.6 Å². The first-order valence-corrected chi connectivity index (χ1v) is 12.8. The zero-order valence-electron chi connectivity index (χ0n) is 22.7. The maximum atomic E-state index is 12.2. The first-order valence-electron chi connectivity index (χ1n) is 12.8. The van der Waals surface area contributed by atoms with Gasteiger partial charge in [0.05, 0.1) is 19.2 Å². The van der Waals surface area contributed by atoms with Gasteiger partial charge in [0, 0.05) is 19.4 Å². The number of hydrogen-bond acceptors (Lipinski definition) is 6. The van der Waals surface area contributed by atoms with Crippen LogP contribution in [0.4, 0.5) is 4.79 Å².